The molecule has 6 heteroatoms. The molecule has 6 nitrogen and oxygen atoms in total. The molecule has 2 heterocycles. The molecule has 1 unspecified atom stereocenters. The molecule has 0 N–H and O–H groups in total. The first kappa shape index (κ1) is 13.9. The number of rotatable bonds is 2. The van der Waals surface area contributed by atoms with Gasteiger partial charge in [0.05, 0.1) is 30.3 Å². The molecule has 21 heavy (non-hydrogen) atoms. The van der Waals surface area contributed by atoms with Gasteiger partial charge in [-0.15, -0.1) is 0 Å². The number of hydrogen-bond acceptors (Lipinski definition) is 4. The summed E-state index contributed by atoms with van der Waals surface area (Å²) in [5.74, 6) is 0. The zero-order valence-corrected chi connectivity index (χ0v) is 12.3. The van der Waals surface area contributed by atoms with Gasteiger partial charge in [0.25, 0.3) is 0 Å². The molecule has 1 saturated heterocycles. The standard InChI is InChI=1S/C15H18N2O4/c1-15(2,3)21-14(19)17-12-7-5-4-6-11(12)16(13(17)18)8-10-9-20-10/h4-7,10H,8-9H2,1-3H3. The van der Waals surface area contributed by atoms with Gasteiger partial charge in [0.2, 0.25) is 0 Å². The van der Waals surface area contributed by atoms with Crippen molar-refractivity contribution >= 4 is 17.1 Å². The van der Waals surface area contributed by atoms with Gasteiger partial charge in [-0.25, -0.2) is 9.59 Å². The van der Waals surface area contributed by atoms with Crippen LogP contribution < -0.4 is 5.69 Å². The largest absolute Gasteiger partial charge is 0.443 e. The van der Waals surface area contributed by atoms with E-state index >= 15 is 0 Å². The van der Waals surface area contributed by atoms with E-state index in [2.05, 4.69) is 0 Å². The number of benzene rings is 1. The first-order valence-corrected chi connectivity index (χ1v) is 6.92. The van der Waals surface area contributed by atoms with Gasteiger partial charge in [0, 0.05) is 0 Å². The van der Waals surface area contributed by atoms with Crippen molar-refractivity contribution in [3.05, 3.63) is 34.7 Å². The highest BCUT2D eigenvalue weighted by molar-refractivity contribution is 5.87. The van der Waals surface area contributed by atoms with E-state index < -0.39 is 11.7 Å². The molecule has 1 aromatic carbocycles. The summed E-state index contributed by atoms with van der Waals surface area (Å²) in [4.78, 5) is 24.9. The second-order valence-electron chi connectivity index (χ2n) is 6.15. The molecular weight excluding hydrogens is 272 g/mol. The van der Waals surface area contributed by atoms with E-state index in [9.17, 15) is 9.59 Å². The van der Waals surface area contributed by atoms with Crippen LogP contribution in [0.5, 0.6) is 0 Å². The number of fused-ring (bicyclic) bond motifs is 1. The topological polar surface area (TPSA) is 65.8 Å². The lowest BCUT2D eigenvalue weighted by atomic mass is 10.2. The lowest BCUT2D eigenvalue weighted by Gasteiger charge is -2.19. The fourth-order valence-corrected chi connectivity index (χ4v) is 2.25. The molecule has 0 spiro atoms. The average Bonchev–Trinajstić information content (AvgIpc) is 3.14. The van der Waals surface area contributed by atoms with Crippen molar-refractivity contribution < 1.29 is 14.3 Å². The number of ether oxygens (including phenoxy) is 2. The van der Waals surface area contributed by atoms with Crippen LogP contribution in [0.2, 0.25) is 0 Å². The fraction of sp³-hybridized carbons (Fsp3) is 0.467. The molecular formula is C15H18N2O4. The molecule has 112 valence electrons. The summed E-state index contributed by atoms with van der Waals surface area (Å²) in [7, 11) is 0. The zero-order chi connectivity index (χ0) is 15.2. The summed E-state index contributed by atoms with van der Waals surface area (Å²) in [6.45, 7) is 6.42. The lowest BCUT2D eigenvalue weighted by Crippen LogP contribution is -2.34. The summed E-state index contributed by atoms with van der Waals surface area (Å²) in [6, 6.07) is 7.19. The van der Waals surface area contributed by atoms with Gasteiger partial charge >= 0.3 is 11.8 Å². The molecule has 1 aromatic heterocycles. The quantitative estimate of drug-likeness (QED) is 0.793. The summed E-state index contributed by atoms with van der Waals surface area (Å²) in [5, 5.41) is 0. The van der Waals surface area contributed by atoms with Gasteiger partial charge < -0.3 is 9.47 Å². The summed E-state index contributed by atoms with van der Waals surface area (Å²) < 4.78 is 13.2. The number of epoxide rings is 1. The Morgan fingerprint density at radius 2 is 1.95 bits per heavy atom. The Bertz CT molecular complexity index is 747. The van der Waals surface area contributed by atoms with Crippen molar-refractivity contribution in [1.82, 2.24) is 9.13 Å². The van der Waals surface area contributed by atoms with Crippen LogP contribution in [0.3, 0.4) is 0 Å². The van der Waals surface area contributed by atoms with E-state index in [1.807, 2.05) is 12.1 Å². The Labute approximate surface area is 121 Å². The predicted octanol–water partition coefficient (Wildman–Crippen LogP) is 1.99. The van der Waals surface area contributed by atoms with Crippen LogP contribution >= 0.6 is 0 Å². The highest BCUT2D eigenvalue weighted by Crippen LogP contribution is 2.18. The maximum absolute atomic E-state index is 12.5. The maximum atomic E-state index is 12.5. The highest BCUT2D eigenvalue weighted by atomic mass is 16.6. The number of para-hydroxylation sites is 2. The smallest absolute Gasteiger partial charge is 0.423 e. The Kier molecular flexibility index (Phi) is 3.13. The molecule has 0 amide bonds. The summed E-state index contributed by atoms with van der Waals surface area (Å²) in [6.07, 6.45) is -0.597. The van der Waals surface area contributed by atoms with E-state index in [0.29, 0.717) is 24.2 Å². The molecule has 3 rings (SSSR count). The van der Waals surface area contributed by atoms with Crippen molar-refractivity contribution in [3.63, 3.8) is 0 Å². The van der Waals surface area contributed by atoms with Gasteiger partial charge in [-0.2, -0.15) is 4.57 Å². The van der Waals surface area contributed by atoms with Crippen LogP contribution in [0, 0.1) is 0 Å². The molecule has 0 bridgehead atoms. The first-order valence-electron chi connectivity index (χ1n) is 6.92. The Morgan fingerprint density at radius 3 is 2.52 bits per heavy atom. The van der Waals surface area contributed by atoms with Crippen LogP contribution in [0.25, 0.3) is 11.0 Å². The van der Waals surface area contributed by atoms with E-state index in [-0.39, 0.29) is 11.8 Å². The SMILES string of the molecule is CC(C)(C)OC(=O)n1c(=O)n(CC2CO2)c2ccccc21. The van der Waals surface area contributed by atoms with Crippen molar-refractivity contribution in [2.24, 2.45) is 0 Å². The Hall–Kier alpha value is -2.08. The first-order chi connectivity index (χ1) is 9.87. The third-order valence-electron chi connectivity index (χ3n) is 3.20. The van der Waals surface area contributed by atoms with Gasteiger partial charge in [0.15, 0.2) is 0 Å². The molecule has 1 aliphatic rings. The number of hydrogen-bond donors (Lipinski definition) is 0. The van der Waals surface area contributed by atoms with Gasteiger partial charge in [-0.3, -0.25) is 4.57 Å². The normalized spacial score (nSPS) is 18.0. The number of aromatic nitrogens is 2. The van der Waals surface area contributed by atoms with Crippen LogP contribution in [-0.2, 0) is 16.0 Å². The van der Waals surface area contributed by atoms with Gasteiger partial charge in [0.1, 0.15) is 5.60 Å². The molecule has 1 fully saturated rings. The Morgan fingerprint density at radius 1 is 1.33 bits per heavy atom. The van der Waals surface area contributed by atoms with Crippen molar-refractivity contribution in [2.75, 3.05) is 6.61 Å². The molecule has 0 saturated carbocycles. The van der Waals surface area contributed by atoms with Crippen LogP contribution in [0.1, 0.15) is 20.8 Å². The number of nitrogens with zero attached hydrogens (tertiary/aromatic N) is 2. The van der Waals surface area contributed by atoms with Gasteiger partial charge in [-0.1, -0.05) is 12.1 Å². The van der Waals surface area contributed by atoms with E-state index in [1.165, 1.54) is 0 Å². The van der Waals surface area contributed by atoms with Crippen LogP contribution in [-0.4, -0.2) is 33.5 Å². The monoisotopic (exact) mass is 290 g/mol. The second kappa shape index (κ2) is 4.73. The third kappa shape index (κ3) is 2.71. The average molecular weight is 290 g/mol. The molecule has 0 aliphatic carbocycles. The van der Waals surface area contributed by atoms with Crippen molar-refractivity contribution in [1.29, 1.82) is 0 Å². The minimum Gasteiger partial charge on any atom is -0.443 e. The molecule has 2 aromatic rings. The second-order valence-corrected chi connectivity index (χ2v) is 6.15. The minimum absolute atomic E-state index is 0.0561. The third-order valence-corrected chi connectivity index (χ3v) is 3.20. The van der Waals surface area contributed by atoms with Crippen molar-refractivity contribution in [3.8, 4) is 0 Å². The van der Waals surface area contributed by atoms with Crippen LogP contribution in [0.4, 0.5) is 4.79 Å². The van der Waals surface area contributed by atoms with Gasteiger partial charge in [-0.05, 0) is 32.9 Å². The van der Waals surface area contributed by atoms with E-state index in [1.54, 1.807) is 37.5 Å². The van der Waals surface area contributed by atoms with E-state index in [0.717, 1.165) is 4.57 Å². The minimum atomic E-state index is -0.654. The lowest BCUT2D eigenvalue weighted by molar-refractivity contribution is 0.0537. The molecule has 1 aliphatic heterocycles. The maximum Gasteiger partial charge on any atom is 0.423 e. The fourth-order valence-electron chi connectivity index (χ4n) is 2.25. The number of carbonyl (C=O) groups excluding carboxylic acids is 1. The molecule has 1 atom stereocenters. The zero-order valence-electron chi connectivity index (χ0n) is 12.3. The van der Waals surface area contributed by atoms with Crippen LogP contribution in [0.15, 0.2) is 29.1 Å². The summed E-state index contributed by atoms with van der Waals surface area (Å²) in [5.41, 5.74) is 0.224. The number of imidazole rings is 1. The van der Waals surface area contributed by atoms with E-state index in [4.69, 9.17) is 9.47 Å². The van der Waals surface area contributed by atoms with Crippen molar-refractivity contribution in [2.45, 2.75) is 39.0 Å². The molecule has 0 radical (unpaired) electrons. The summed E-state index contributed by atoms with van der Waals surface area (Å²) >= 11 is 0. The highest BCUT2D eigenvalue weighted by Gasteiger charge is 2.28. The Balaban J connectivity index is 2.11. The predicted molar refractivity (Wildman–Crippen MR) is 77.6 cm³/mol. The number of carbonyl (C=O) groups is 1.